The number of tetrazole rings is 1. The third-order valence-electron chi connectivity index (χ3n) is 4.43. The lowest BCUT2D eigenvalue weighted by atomic mass is 10.2. The standard InChI is InChI=1S/C21H22N6O3S/c1-4-29-16-9-10-17-18(11-16)31-21(22-17)23-20(28)14-5-7-15(8-6-14)30-12-19-24-25-26-27(19)13(2)3/h5-11,13H,4,12H2,1-3H3,(H,22,23,28). The molecule has 2 aromatic heterocycles. The Bertz CT molecular complexity index is 1190. The molecular weight excluding hydrogens is 416 g/mol. The molecule has 0 atom stereocenters. The molecule has 160 valence electrons. The SMILES string of the molecule is CCOc1ccc2nc(NC(=O)c3ccc(OCc4nnnn4C(C)C)cc3)sc2c1. The zero-order valence-electron chi connectivity index (χ0n) is 17.4. The van der Waals surface area contributed by atoms with Crippen LogP contribution in [0.15, 0.2) is 42.5 Å². The van der Waals surface area contributed by atoms with Crippen LogP contribution in [0.1, 0.15) is 43.0 Å². The Morgan fingerprint density at radius 2 is 1.90 bits per heavy atom. The Kier molecular flexibility index (Phi) is 6.08. The summed E-state index contributed by atoms with van der Waals surface area (Å²) in [4.78, 5) is 17.1. The summed E-state index contributed by atoms with van der Waals surface area (Å²) in [5.74, 6) is 1.81. The summed E-state index contributed by atoms with van der Waals surface area (Å²) < 4.78 is 13.9. The Balaban J connectivity index is 1.39. The molecule has 0 fully saturated rings. The highest BCUT2D eigenvalue weighted by Crippen LogP contribution is 2.29. The van der Waals surface area contributed by atoms with Gasteiger partial charge < -0.3 is 9.47 Å². The number of fused-ring (bicyclic) bond motifs is 1. The van der Waals surface area contributed by atoms with Gasteiger partial charge in [0.2, 0.25) is 0 Å². The number of carbonyl (C=O) groups is 1. The molecule has 0 aliphatic rings. The van der Waals surface area contributed by atoms with Gasteiger partial charge in [-0.25, -0.2) is 9.67 Å². The number of amides is 1. The Hall–Kier alpha value is -3.53. The monoisotopic (exact) mass is 438 g/mol. The van der Waals surface area contributed by atoms with Crippen molar-refractivity contribution in [2.45, 2.75) is 33.4 Å². The molecule has 31 heavy (non-hydrogen) atoms. The highest BCUT2D eigenvalue weighted by molar-refractivity contribution is 7.22. The van der Waals surface area contributed by atoms with Crippen molar-refractivity contribution in [3.8, 4) is 11.5 Å². The van der Waals surface area contributed by atoms with Crippen molar-refractivity contribution in [1.82, 2.24) is 25.2 Å². The second-order valence-electron chi connectivity index (χ2n) is 6.98. The van der Waals surface area contributed by atoms with Gasteiger partial charge in [-0.1, -0.05) is 11.3 Å². The van der Waals surface area contributed by atoms with Gasteiger partial charge in [0.1, 0.15) is 18.1 Å². The smallest absolute Gasteiger partial charge is 0.257 e. The third-order valence-corrected chi connectivity index (χ3v) is 5.36. The Morgan fingerprint density at radius 3 is 2.65 bits per heavy atom. The minimum Gasteiger partial charge on any atom is -0.494 e. The number of benzene rings is 2. The topological polar surface area (TPSA) is 104 Å². The Labute approximate surface area is 183 Å². The minimum absolute atomic E-state index is 0.146. The lowest BCUT2D eigenvalue weighted by Crippen LogP contribution is -2.12. The van der Waals surface area contributed by atoms with Crippen LogP contribution < -0.4 is 14.8 Å². The van der Waals surface area contributed by atoms with Crippen LogP contribution in [0.5, 0.6) is 11.5 Å². The zero-order chi connectivity index (χ0) is 21.8. The maximum atomic E-state index is 12.6. The maximum absolute atomic E-state index is 12.6. The average Bonchev–Trinajstić information content (AvgIpc) is 3.39. The summed E-state index contributed by atoms with van der Waals surface area (Å²) in [6.45, 7) is 6.77. The number of carbonyl (C=O) groups excluding carboxylic acids is 1. The summed E-state index contributed by atoms with van der Waals surface area (Å²) >= 11 is 1.40. The highest BCUT2D eigenvalue weighted by atomic mass is 32.1. The molecule has 0 saturated heterocycles. The van der Waals surface area contributed by atoms with Crippen molar-refractivity contribution in [2.75, 3.05) is 11.9 Å². The predicted molar refractivity (Wildman–Crippen MR) is 118 cm³/mol. The third kappa shape index (κ3) is 4.80. The molecule has 2 heterocycles. The van der Waals surface area contributed by atoms with Gasteiger partial charge in [0, 0.05) is 5.56 Å². The van der Waals surface area contributed by atoms with Crippen molar-refractivity contribution >= 4 is 32.6 Å². The van der Waals surface area contributed by atoms with Crippen molar-refractivity contribution in [1.29, 1.82) is 0 Å². The van der Waals surface area contributed by atoms with E-state index in [1.165, 1.54) is 11.3 Å². The summed E-state index contributed by atoms with van der Waals surface area (Å²) in [6, 6.07) is 12.7. The quantitative estimate of drug-likeness (QED) is 0.442. The zero-order valence-corrected chi connectivity index (χ0v) is 18.2. The first-order valence-electron chi connectivity index (χ1n) is 9.88. The molecule has 0 unspecified atom stereocenters. The van der Waals surface area contributed by atoms with E-state index in [0.717, 1.165) is 16.0 Å². The van der Waals surface area contributed by atoms with E-state index in [4.69, 9.17) is 9.47 Å². The lowest BCUT2D eigenvalue weighted by Gasteiger charge is -2.09. The molecule has 0 bridgehead atoms. The number of nitrogens with one attached hydrogen (secondary N) is 1. The van der Waals surface area contributed by atoms with Gasteiger partial charge in [0.25, 0.3) is 5.91 Å². The van der Waals surface area contributed by atoms with Crippen molar-refractivity contribution < 1.29 is 14.3 Å². The first kappa shape index (κ1) is 20.7. The van der Waals surface area contributed by atoms with E-state index in [1.807, 2.05) is 39.0 Å². The van der Waals surface area contributed by atoms with Crippen molar-refractivity contribution in [2.24, 2.45) is 0 Å². The van der Waals surface area contributed by atoms with Gasteiger partial charge in [-0.3, -0.25) is 10.1 Å². The van der Waals surface area contributed by atoms with Crippen LogP contribution in [-0.2, 0) is 6.61 Å². The van der Waals surface area contributed by atoms with Crippen LogP contribution >= 0.6 is 11.3 Å². The van der Waals surface area contributed by atoms with E-state index < -0.39 is 0 Å². The van der Waals surface area contributed by atoms with E-state index in [-0.39, 0.29) is 18.6 Å². The van der Waals surface area contributed by atoms with Crippen LogP contribution in [0.3, 0.4) is 0 Å². The molecule has 10 heteroatoms. The van der Waals surface area contributed by atoms with Crippen LogP contribution in [0, 0.1) is 0 Å². The van der Waals surface area contributed by atoms with E-state index >= 15 is 0 Å². The number of hydrogen-bond acceptors (Lipinski definition) is 8. The van der Waals surface area contributed by atoms with Gasteiger partial charge in [-0.2, -0.15) is 0 Å². The van der Waals surface area contributed by atoms with Gasteiger partial charge >= 0.3 is 0 Å². The molecule has 1 N–H and O–H groups in total. The predicted octanol–water partition coefficient (Wildman–Crippen LogP) is 4.09. The molecule has 2 aromatic carbocycles. The summed E-state index contributed by atoms with van der Waals surface area (Å²) in [7, 11) is 0. The van der Waals surface area contributed by atoms with Gasteiger partial charge in [-0.05, 0) is 73.7 Å². The second kappa shape index (κ2) is 9.09. The number of thiazole rings is 1. The molecule has 1 amide bonds. The first-order chi connectivity index (χ1) is 15.0. The molecular formula is C21H22N6O3S. The number of aromatic nitrogens is 5. The number of anilines is 1. The van der Waals surface area contributed by atoms with Crippen LogP contribution in [0.2, 0.25) is 0 Å². The molecule has 0 spiro atoms. The fraction of sp³-hybridized carbons (Fsp3) is 0.286. The van der Waals surface area contributed by atoms with E-state index in [2.05, 4.69) is 25.8 Å². The van der Waals surface area contributed by atoms with Gasteiger partial charge in [0.15, 0.2) is 11.0 Å². The van der Waals surface area contributed by atoms with Crippen LogP contribution in [0.25, 0.3) is 10.2 Å². The lowest BCUT2D eigenvalue weighted by molar-refractivity contribution is 0.102. The summed E-state index contributed by atoms with van der Waals surface area (Å²) in [6.07, 6.45) is 0. The average molecular weight is 439 g/mol. The molecule has 0 saturated carbocycles. The normalized spacial score (nSPS) is 11.1. The van der Waals surface area contributed by atoms with Crippen molar-refractivity contribution in [3.63, 3.8) is 0 Å². The Morgan fingerprint density at radius 1 is 1.13 bits per heavy atom. The number of nitrogens with zero attached hydrogens (tertiary/aromatic N) is 5. The maximum Gasteiger partial charge on any atom is 0.257 e. The fourth-order valence-corrected chi connectivity index (χ4v) is 3.83. The first-order valence-corrected chi connectivity index (χ1v) is 10.7. The minimum atomic E-state index is -0.237. The number of ether oxygens (including phenoxy) is 2. The molecule has 4 rings (SSSR count). The largest absolute Gasteiger partial charge is 0.494 e. The van der Waals surface area contributed by atoms with Crippen LogP contribution in [-0.4, -0.2) is 37.7 Å². The van der Waals surface area contributed by atoms with Gasteiger partial charge in [0.05, 0.1) is 22.9 Å². The molecule has 4 aromatic rings. The van der Waals surface area contributed by atoms with E-state index in [1.54, 1.807) is 28.9 Å². The number of hydrogen-bond donors (Lipinski definition) is 1. The molecule has 9 nitrogen and oxygen atoms in total. The van der Waals surface area contributed by atoms with E-state index in [9.17, 15) is 4.79 Å². The van der Waals surface area contributed by atoms with Crippen LogP contribution in [0.4, 0.5) is 5.13 Å². The highest BCUT2D eigenvalue weighted by Gasteiger charge is 2.12. The summed E-state index contributed by atoms with van der Waals surface area (Å²) in [5, 5.41) is 15.0. The second-order valence-corrected chi connectivity index (χ2v) is 8.01. The van der Waals surface area contributed by atoms with E-state index in [0.29, 0.717) is 28.9 Å². The molecule has 0 aliphatic heterocycles. The molecule has 0 aliphatic carbocycles. The van der Waals surface area contributed by atoms with Gasteiger partial charge in [-0.15, -0.1) is 5.10 Å². The summed E-state index contributed by atoms with van der Waals surface area (Å²) in [5.41, 5.74) is 1.32. The molecule has 0 radical (unpaired) electrons. The van der Waals surface area contributed by atoms with Crippen molar-refractivity contribution in [3.05, 3.63) is 53.9 Å². The number of rotatable bonds is 8. The fourth-order valence-electron chi connectivity index (χ4n) is 2.94.